The monoisotopic (exact) mass is 573 g/mol. The molecule has 0 saturated carbocycles. The van der Waals surface area contributed by atoms with Crippen LogP contribution in [0, 0.1) is 0 Å². The zero-order valence-electron chi connectivity index (χ0n) is 21.8. The first-order chi connectivity index (χ1) is 19.0. The van der Waals surface area contributed by atoms with Gasteiger partial charge in [-0.25, -0.2) is 31.9 Å². The van der Waals surface area contributed by atoms with Gasteiger partial charge in [-0.3, -0.25) is 0 Å². The fraction of sp³-hybridized carbons (Fsp3) is 0.103. The molecule has 2 aromatic heterocycles. The van der Waals surface area contributed by atoms with Crippen LogP contribution in [0.25, 0.3) is 44.3 Å². The van der Waals surface area contributed by atoms with Gasteiger partial charge in [0.05, 0.1) is 21.1 Å². The molecule has 0 spiro atoms. The number of anilines is 2. The van der Waals surface area contributed by atoms with Gasteiger partial charge in [0.25, 0.3) is 0 Å². The first-order valence-electron chi connectivity index (χ1n) is 12.4. The zero-order valence-corrected chi connectivity index (χ0v) is 23.4. The fourth-order valence-electron chi connectivity index (χ4n) is 4.58. The number of sulfone groups is 1. The van der Waals surface area contributed by atoms with Gasteiger partial charge >= 0.3 is 0 Å². The second-order valence-electron chi connectivity index (χ2n) is 9.17. The van der Waals surface area contributed by atoms with Crippen LogP contribution in [-0.2, 0) is 19.9 Å². The maximum absolute atomic E-state index is 12.3. The van der Waals surface area contributed by atoms with Crippen molar-refractivity contribution < 1.29 is 16.8 Å². The Morgan fingerprint density at radius 1 is 0.800 bits per heavy atom. The Balaban J connectivity index is 1.61. The molecule has 0 aliphatic heterocycles. The molecular weight excluding hydrogens is 546 g/mol. The number of nitrogen functional groups attached to an aromatic ring is 1. The number of pyridine rings is 2. The van der Waals surface area contributed by atoms with E-state index in [0.717, 1.165) is 22.1 Å². The van der Waals surface area contributed by atoms with Gasteiger partial charge in [0.15, 0.2) is 9.84 Å². The second kappa shape index (κ2) is 10.3. The molecule has 0 saturated heterocycles. The summed E-state index contributed by atoms with van der Waals surface area (Å²) in [6.45, 7) is 1.61. The molecule has 0 radical (unpaired) electrons. The molecule has 0 amide bonds. The minimum Gasteiger partial charge on any atom is -0.383 e. The van der Waals surface area contributed by atoms with E-state index in [9.17, 15) is 16.8 Å². The summed E-state index contributed by atoms with van der Waals surface area (Å²) in [5, 5.41) is 9.33. The molecule has 0 unspecified atom stereocenters. The summed E-state index contributed by atoms with van der Waals surface area (Å²) in [5.74, 6) is 0.855. The van der Waals surface area contributed by atoms with Crippen LogP contribution in [0.5, 0.6) is 0 Å². The van der Waals surface area contributed by atoms with E-state index in [1.165, 1.54) is 6.07 Å². The van der Waals surface area contributed by atoms with E-state index in [2.05, 4.69) is 15.3 Å². The van der Waals surface area contributed by atoms with Crippen LogP contribution < -0.4 is 16.2 Å². The van der Waals surface area contributed by atoms with Crippen molar-refractivity contribution in [1.29, 1.82) is 0 Å². The van der Waals surface area contributed by atoms with Gasteiger partial charge < -0.3 is 11.1 Å². The van der Waals surface area contributed by atoms with Crippen LogP contribution in [0.3, 0.4) is 0 Å². The number of benzene rings is 3. The fourth-order valence-corrected chi connectivity index (χ4v) is 6.21. The van der Waals surface area contributed by atoms with Crippen LogP contribution in [0.2, 0.25) is 0 Å². The van der Waals surface area contributed by atoms with E-state index in [0.29, 0.717) is 33.8 Å². The van der Waals surface area contributed by atoms with Crippen LogP contribution in [-0.4, -0.2) is 39.6 Å². The van der Waals surface area contributed by atoms with E-state index in [1.807, 2.05) is 30.3 Å². The number of nitrogens with one attached hydrogen (secondary N) is 1. The first kappa shape index (κ1) is 27.3. The maximum atomic E-state index is 12.3. The third-order valence-corrected chi connectivity index (χ3v) is 9.41. The van der Waals surface area contributed by atoms with Gasteiger partial charge in [-0.2, -0.15) is 0 Å². The quantitative estimate of drug-likeness (QED) is 0.253. The topological polar surface area (TPSA) is 158 Å². The van der Waals surface area contributed by atoms with E-state index < -0.39 is 19.9 Å². The van der Waals surface area contributed by atoms with Crippen LogP contribution in [0.4, 0.5) is 11.6 Å². The van der Waals surface area contributed by atoms with E-state index in [-0.39, 0.29) is 15.5 Å². The predicted molar refractivity (Wildman–Crippen MR) is 159 cm³/mol. The van der Waals surface area contributed by atoms with E-state index in [4.69, 9.17) is 10.9 Å². The summed E-state index contributed by atoms with van der Waals surface area (Å²) in [4.78, 5) is 9.36. The highest BCUT2D eigenvalue weighted by molar-refractivity contribution is 7.91. The molecule has 40 heavy (non-hydrogen) atoms. The van der Waals surface area contributed by atoms with Crippen molar-refractivity contribution in [1.82, 2.24) is 9.97 Å². The summed E-state index contributed by atoms with van der Waals surface area (Å²) in [6, 6.07) is 22.6. The van der Waals surface area contributed by atoms with Crippen LogP contribution in [0.1, 0.15) is 6.92 Å². The number of rotatable bonds is 7. The molecule has 0 bridgehead atoms. The van der Waals surface area contributed by atoms with Crippen molar-refractivity contribution in [3.8, 4) is 33.4 Å². The number of fused-ring (bicyclic) bond motifs is 1. The third kappa shape index (κ3) is 5.14. The zero-order chi connectivity index (χ0) is 28.7. The van der Waals surface area contributed by atoms with Crippen molar-refractivity contribution in [3.05, 3.63) is 85.1 Å². The summed E-state index contributed by atoms with van der Waals surface area (Å²) in [6.07, 6.45) is 1.70. The largest absolute Gasteiger partial charge is 0.383 e. The van der Waals surface area contributed by atoms with E-state index in [1.54, 1.807) is 62.6 Å². The minimum absolute atomic E-state index is 0.00559. The lowest BCUT2D eigenvalue weighted by Crippen LogP contribution is -2.13. The molecule has 9 nitrogen and oxygen atoms in total. The van der Waals surface area contributed by atoms with Gasteiger partial charge in [0.1, 0.15) is 11.6 Å². The average molecular weight is 574 g/mol. The summed E-state index contributed by atoms with van der Waals surface area (Å²) in [7, 11) is -5.57. The van der Waals surface area contributed by atoms with Gasteiger partial charge in [0.2, 0.25) is 10.0 Å². The van der Waals surface area contributed by atoms with E-state index >= 15 is 0 Å². The lowest BCUT2D eigenvalue weighted by Gasteiger charge is -2.14. The number of sulfonamides is 1. The molecule has 3 aromatic carbocycles. The van der Waals surface area contributed by atoms with Crippen molar-refractivity contribution in [2.75, 3.05) is 23.9 Å². The molecule has 0 aliphatic carbocycles. The molecule has 204 valence electrons. The first-order valence-corrected chi connectivity index (χ1v) is 15.6. The summed E-state index contributed by atoms with van der Waals surface area (Å²) >= 11 is 0. The molecule has 5 rings (SSSR count). The molecule has 0 atom stereocenters. The Morgan fingerprint density at radius 2 is 1.50 bits per heavy atom. The van der Waals surface area contributed by atoms with Crippen molar-refractivity contribution in [2.24, 2.45) is 5.14 Å². The Bertz CT molecular complexity index is 1970. The molecule has 11 heteroatoms. The molecule has 0 fully saturated rings. The summed E-state index contributed by atoms with van der Waals surface area (Å²) < 4.78 is 49.0. The normalized spacial score (nSPS) is 12.0. The highest BCUT2D eigenvalue weighted by Crippen LogP contribution is 2.36. The maximum Gasteiger partial charge on any atom is 0.238 e. The Hall–Kier alpha value is -4.32. The number of hydrogen-bond acceptors (Lipinski definition) is 8. The van der Waals surface area contributed by atoms with Gasteiger partial charge in [-0.1, -0.05) is 43.3 Å². The number of hydrogen-bond donors (Lipinski definition) is 3. The Kier molecular flexibility index (Phi) is 7.05. The van der Waals surface area contributed by atoms with Crippen molar-refractivity contribution in [3.63, 3.8) is 0 Å². The lowest BCUT2D eigenvalue weighted by atomic mass is 9.98. The predicted octanol–water partition coefficient (Wildman–Crippen LogP) is 4.70. The lowest BCUT2D eigenvalue weighted by molar-refractivity contribution is 0.596. The van der Waals surface area contributed by atoms with Gasteiger partial charge in [-0.15, -0.1) is 0 Å². The number of aromatic nitrogens is 2. The summed E-state index contributed by atoms with van der Waals surface area (Å²) in [5.41, 5.74) is 11.0. The molecule has 0 aliphatic rings. The van der Waals surface area contributed by atoms with Gasteiger partial charge in [0, 0.05) is 40.9 Å². The van der Waals surface area contributed by atoms with Crippen LogP contribution >= 0.6 is 0 Å². The second-order valence-corrected chi connectivity index (χ2v) is 13.0. The molecule has 5 N–H and O–H groups in total. The SMILES string of the molecule is CCS(=O)(=O)c1ccc(-c2cc3cc(-c4cnc(NC)c(-c5ccccc5S(N)(=O)=O)c4)ccc3nc2N)cc1. The highest BCUT2D eigenvalue weighted by Gasteiger charge is 2.19. The Morgan fingerprint density at radius 3 is 2.17 bits per heavy atom. The van der Waals surface area contributed by atoms with Crippen molar-refractivity contribution >= 4 is 42.4 Å². The average Bonchev–Trinajstić information content (AvgIpc) is 2.96. The smallest absolute Gasteiger partial charge is 0.238 e. The number of nitrogens with two attached hydrogens (primary N) is 2. The molecule has 2 heterocycles. The van der Waals surface area contributed by atoms with Gasteiger partial charge in [-0.05, 0) is 53.6 Å². The molecule has 5 aromatic rings. The molecular formula is C29H27N5O4S2. The Labute approximate surface area is 232 Å². The van der Waals surface area contributed by atoms with Crippen LogP contribution in [0.15, 0.2) is 94.9 Å². The third-order valence-electron chi connectivity index (χ3n) is 6.69. The minimum atomic E-state index is -3.97. The highest BCUT2D eigenvalue weighted by atomic mass is 32.2. The number of nitrogens with zero attached hydrogens (tertiary/aromatic N) is 2. The standard InChI is InChI=1S/C29H27N5O4S2/c1-3-39(35,36)22-11-8-18(9-12-22)24-15-20-14-19(10-13-26(20)34-28(24)30)21-16-25(29(32-2)33-17-21)23-6-4-5-7-27(23)40(31,37)38/h4-17H,3H2,1-2H3,(H2,30,34)(H,32,33)(H2,31,37,38). The number of primary sulfonamides is 1. The van der Waals surface area contributed by atoms with Crippen molar-refractivity contribution in [2.45, 2.75) is 16.7 Å².